The second kappa shape index (κ2) is 5.21. The van der Waals surface area contributed by atoms with Crippen LogP contribution in [0.4, 0.5) is 4.79 Å². The molecule has 0 spiro atoms. The molecule has 0 aromatic carbocycles. The molecule has 1 amide bonds. The molecule has 1 aliphatic heterocycles. The maximum atomic E-state index is 11.7. The molecule has 0 bridgehead atoms. The Morgan fingerprint density at radius 3 is 2.47 bits per heavy atom. The van der Waals surface area contributed by atoms with Crippen LogP contribution in [0.15, 0.2) is 11.6 Å². The van der Waals surface area contributed by atoms with Gasteiger partial charge in [0.2, 0.25) is 0 Å². The zero-order chi connectivity index (χ0) is 14.8. The quantitative estimate of drug-likeness (QED) is 0.744. The average molecular weight is 271 g/mol. The van der Waals surface area contributed by atoms with E-state index >= 15 is 0 Å². The number of carboxylic acids is 1. The average Bonchev–Trinajstić information content (AvgIpc) is 2.38. The van der Waals surface area contributed by atoms with Crippen molar-refractivity contribution in [1.82, 2.24) is 4.90 Å². The van der Waals surface area contributed by atoms with Gasteiger partial charge in [-0.05, 0) is 40.5 Å². The predicted octanol–water partition coefficient (Wildman–Crippen LogP) is 1.74. The number of carbonyl (C=O) groups is 2. The van der Waals surface area contributed by atoms with E-state index in [0.717, 1.165) is 10.5 Å². The fourth-order valence-electron chi connectivity index (χ4n) is 2.09. The molecular formula is C13H21NO5. The van der Waals surface area contributed by atoms with E-state index in [9.17, 15) is 14.7 Å². The molecule has 6 nitrogen and oxygen atoms in total. The molecule has 0 radical (unpaired) electrons. The van der Waals surface area contributed by atoms with Crippen LogP contribution in [-0.4, -0.2) is 45.0 Å². The number of carboxylic acid groups (broad SMARTS) is 1. The van der Waals surface area contributed by atoms with E-state index in [2.05, 4.69) is 0 Å². The molecule has 1 saturated heterocycles. The fraction of sp³-hybridized carbons (Fsp3) is 0.692. The molecule has 2 N–H and O–H groups in total. The number of nitrogens with zero attached hydrogens (tertiary/aromatic N) is 1. The van der Waals surface area contributed by atoms with Gasteiger partial charge >= 0.3 is 12.1 Å². The first-order valence-corrected chi connectivity index (χ1v) is 6.18. The van der Waals surface area contributed by atoms with E-state index in [0.29, 0.717) is 12.8 Å². The molecule has 1 rings (SSSR count). The molecule has 0 unspecified atom stereocenters. The number of aliphatic hydroxyl groups is 1. The molecule has 0 aromatic heterocycles. The number of amides is 1. The maximum Gasteiger partial charge on any atom is 0.413 e. The minimum atomic E-state index is -1.64. The van der Waals surface area contributed by atoms with Gasteiger partial charge in [-0.3, -0.25) is 9.69 Å². The van der Waals surface area contributed by atoms with Gasteiger partial charge in [0, 0.05) is 0 Å². The summed E-state index contributed by atoms with van der Waals surface area (Å²) in [5.74, 6) is -1.19. The van der Waals surface area contributed by atoms with Crippen molar-refractivity contribution in [2.45, 2.75) is 51.9 Å². The summed E-state index contributed by atoms with van der Waals surface area (Å²) in [4.78, 5) is 23.3. The number of ether oxygens (including phenoxy) is 1. The lowest BCUT2D eigenvalue weighted by atomic mass is 9.88. The first kappa shape index (κ1) is 15.5. The van der Waals surface area contributed by atoms with E-state index in [1.54, 1.807) is 6.92 Å². The van der Waals surface area contributed by atoms with Gasteiger partial charge in [-0.2, -0.15) is 0 Å². The highest BCUT2D eigenvalue weighted by Crippen LogP contribution is 2.40. The van der Waals surface area contributed by atoms with E-state index in [1.807, 2.05) is 19.9 Å². The molecule has 1 heterocycles. The van der Waals surface area contributed by atoms with Gasteiger partial charge in [-0.1, -0.05) is 11.6 Å². The molecule has 0 aromatic rings. The summed E-state index contributed by atoms with van der Waals surface area (Å²) in [6.45, 7) is 6.36. The summed E-state index contributed by atoms with van der Waals surface area (Å²) >= 11 is 0. The van der Waals surface area contributed by atoms with Crippen LogP contribution in [0.2, 0.25) is 0 Å². The van der Waals surface area contributed by atoms with Crippen LogP contribution in [0, 0.1) is 0 Å². The smallest absolute Gasteiger partial charge is 0.413 e. The second-order valence-corrected chi connectivity index (χ2v) is 5.42. The summed E-state index contributed by atoms with van der Waals surface area (Å²) in [6, 6.07) is 0. The third-order valence-electron chi connectivity index (χ3n) is 3.53. The Morgan fingerprint density at radius 2 is 2.00 bits per heavy atom. The van der Waals surface area contributed by atoms with Gasteiger partial charge in [0.25, 0.3) is 0 Å². The van der Waals surface area contributed by atoms with E-state index in [1.165, 1.54) is 6.92 Å². The minimum Gasteiger partial charge on any atom is -0.480 e. The van der Waals surface area contributed by atoms with Crippen LogP contribution >= 0.6 is 0 Å². The Kier molecular flexibility index (Phi) is 4.25. The lowest BCUT2D eigenvalue weighted by molar-refractivity contribution is -0.155. The molecule has 1 aliphatic rings. The summed E-state index contributed by atoms with van der Waals surface area (Å²) in [7, 11) is 0. The van der Waals surface area contributed by atoms with Crippen LogP contribution < -0.4 is 0 Å². The predicted molar refractivity (Wildman–Crippen MR) is 68.5 cm³/mol. The van der Waals surface area contributed by atoms with Gasteiger partial charge in [0.05, 0.1) is 0 Å². The number of hydrogen-bond acceptors (Lipinski definition) is 4. The number of aliphatic carboxylic acids is 1. The van der Waals surface area contributed by atoms with Crippen molar-refractivity contribution < 1.29 is 24.5 Å². The molecule has 0 aliphatic carbocycles. The largest absolute Gasteiger partial charge is 0.480 e. The number of rotatable bonds is 5. The van der Waals surface area contributed by atoms with Crippen LogP contribution in [-0.2, 0) is 9.53 Å². The van der Waals surface area contributed by atoms with Crippen molar-refractivity contribution in [2.24, 2.45) is 0 Å². The Morgan fingerprint density at radius 1 is 1.42 bits per heavy atom. The zero-order valence-corrected chi connectivity index (χ0v) is 11.8. The topological polar surface area (TPSA) is 87.1 Å². The van der Waals surface area contributed by atoms with Gasteiger partial charge in [0.1, 0.15) is 6.54 Å². The standard InChI is InChI=1S/C13H21NO5/c1-9(2)6-5-7-12(3)13(4,18)14(8-10(15)16)11(17)19-12/h6,18H,5,7-8H2,1-4H3,(H,15,16)/t12-,13-/m1/s1. The van der Waals surface area contributed by atoms with E-state index in [-0.39, 0.29) is 0 Å². The molecule has 6 heteroatoms. The third kappa shape index (κ3) is 3.07. The monoisotopic (exact) mass is 271 g/mol. The van der Waals surface area contributed by atoms with Crippen LogP contribution in [0.25, 0.3) is 0 Å². The highest BCUT2D eigenvalue weighted by atomic mass is 16.6. The van der Waals surface area contributed by atoms with Crippen molar-refractivity contribution in [3.63, 3.8) is 0 Å². The SMILES string of the molecule is CC(C)=CCC[C@@]1(C)OC(=O)N(CC(=O)O)[C@]1(C)O. The van der Waals surface area contributed by atoms with Gasteiger partial charge in [-0.15, -0.1) is 0 Å². The molecule has 108 valence electrons. The molecule has 1 fully saturated rings. The summed E-state index contributed by atoms with van der Waals surface area (Å²) in [5.41, 5.74) is -1.63. The van der Waals surface area contributed by atoms with Crippen molar-refractivity contribution >= 4 is 12.1 Å². The third-order valence-corrected chi connectivity index (χ3v) is 3.53. The molecule has 2 atom stereocenters. The minimum absolute atomic E-state index is 0.424. The Labute approximate surface area is 112 Å². The number of allylic oxidation sites excluding steroid dienone is 2. The van der Waals surface area contributed by atoms with Crippen molar-refractivity contribution in [1.29, 1.82) is 0 Å². The lowest BCUT2D eigenvalue weighted by Gasteiger charge is -2.36. The van der Waals surface area contributed by atoms with Crippen LogP contribution in [0.1, 0.15) is 40.5 Å². The number of cyclic esters (lactones) is 1. The summed E-state index contributed by atoms with van der Waals surface area (Å²) in [5, 5.41) is 19.2. The van der Waals surface area contributed by atoms with Gasteiger partial charge in [0.15, 0.2) is 11.3 Å². The number of hydrogen-bond donors (Lipinski definition) is 2. The molecule has 19 heavy (non-hydrogen) atoms. The Hall–Kier alpha value is -1.56. The maximum absolute atomic E-state index is 11.7. The normalized spacial score (nSPS) is 30.2. The highest BCUT2D eigenvalue weighted by molar-refractivity contribution is 5.79. The zero-order valence-electron chi connectivity index (χ0n) is 11.8. The summed E-state index contributed by atoms with van der Waals surface area (Å²) < 4.78 is 5.20. The fourth-order valence-corrected chi connectivity index (χ4v) is 2.09. The van der Waals surface area contributed by atoms with Crippen LogP contribution in [0.3, 0.4) is 0 Å². The highest BCUT2D eigenvalue weighted by Gasteiger charge is 2.59. The molecular weight excluding hydrogens is 250 g/mol. The lowest BCUT2D eigenvalue weighted by Crippen LogP contribution is -2.56. The second-order valence-electron chi connectivity index (χ2n) is 5.42. The number of carbonyl (C=O) groups excluding carboxylic acids is 1. The molecule has 0 saturated carbocycles. The first-order valence-electron chi connectivity index (χ1n) is 6.18. The van der Waals surface area contributed by atoms with Gasteiger partial charge < -0.3 is 14.9 Å². The van der Waals surface area contributed by atoms with Crippen molar-refractivity contribution in [2.75, 3.05) is 6.54 Å². The van der Waals surface area contributed by atoms with Crippen molar-refractivity contribution in [3.8, 4) is 0 Å². The first-order chi connectivity index (χ1) is 8.60. The van der Waals surface area contributed by atoms with Crippen LogP contribution in [0.5, 0.6) is 0 Å². The van der Waals surface area contributed by atoms with E-state index < -0.39 is 29.9 Å². The summed E-state index contributed by atoms with van der Waals surface area (Å²) in [6.07, 6.45) is 2.25. The Bertz CT molecular complexity index is 411. The van der Waals surface area contributed by atoms with Crippen molar-refractivity contribution in [3.05, 3.63) is 11.6 Å². The van der Waals surface area contributed by atoms with E-state index in [4.69, 9.17) is 9.84 Å². The van der Waals surface area contributed by atoms with Gasteiger partial charge in [-0.25, -0.2) is 4.79 Å². The Balaban J connectivity index is 2.88.